The molecule has 2 amide bonds. The highest BCUT2D eigenvalue weighted by Gasteiger charge is 2.17. The van der Waals surface area contributed by atoms with Crippen LogP contribution in [0.2, 0.25) is 0 Å². The molecule has 0 unspecified atom stereocenters. The Bertz CT molecular complexity index is 780. The van der Waals surface area contributed by atoms with E-state index in [4.69, 9.17) is 0 Å². The van der Waals surface area contributed by atoms with Crippen molar-refractivity contribution < 1.29 is 9.59 Å². The van der Waals surface area contributed by atoms with Crippen molar-refractivity contribution in [3.8, 4) is 0 Å². The second kappa shape index (κ2) is 6.38. The Labute approximate surface area is 127 Å². The molecule has 0 aliphatic carbocycles. The molecule has 2 rings (SSSR count). The molecule has 2 N–H and O–H groups in total. The van der Waals surface area contributed by atoms with E-state index in [1.54, 1.807) is 31.2 Å². The number of rotatable bonds is 3. The molecule has 0 fully saturated rings. The smallest absolute Gasteiger partial charge is 0.273 e. The molecule has 1 heterocycles. The molecule has 7 nitrogen and oxygen atoms in total. The quantitative estimate of drug-likeness (QED) is 0.832. The van der Waals surface area contributed by atoms with E-state index < -0.39 is 5.91 Å². The second-order valence-corrected chi connectivity index (χ2v) is 5.09. The van der Waals surface area contributed by atoms with E-state index in [9.17, 15) is 14.4 Å². The zero-order valence-electron chi connectivity index (χ0n) is 12.7. The van der Waals surface area contributed by atoms with Crippen LogP contribution in [0.1, 0.15) is 43.7 Å². The molecule has 0 aliphatic rings. The average molecular weight is 302 g/mol. The first kappa shape index (κ1) is 15.7. The lowest BCUT2D eigenvalue weighted by atomic mass is 10.1. The molecular formula is C15H18N4O3. The topological polar surface area (TPSA) is 93.1 Å². The van der Waals surface area contributed by atoms with E-state index in [2.05, 4.69) is 16.0 Å². The van der Waals surface area contributed by atoms with Gasteiger partial charge in [-0.3, -0.25) is 25.2 Å². The zero-order valence-corrected chi connectivity index (χ0v) is 12.7. The van der Waals surface area contributed by atoms with Gasteiger partial charge in [-0.15, -0.1) is 0 Å². The zero-order chi connectivity index (χ0) is 16.3. The Morgan fingerprint density at radius 1 is 1.18 bits per heavy atom. The van der Waals surface area contributed by atoms with Crippen molar-refractivity contribution in [3.63, 3.8) is 0 Å². The second-order valence-electron chi connectivity index (χ2n) is 5.09. The van der Waals surface area contributed by atoms with Crippen LogP contribution in [0.5, 0.6) is 0 Å². The largest absolute Gasteiger partial charge is 0.290 e. The lowest BCUT2D eigenvalue weighted by Gasteiger charge is -2.13. The number of carbonyl (C=O) groups excluding carboxylic acids is 2. The van der Waals surface area contributed by atoms with Gasteiger partial charge in [0.2, 0.25) is 5.91 Å². The van der Waals surface area contributed by atoms with Crippen molar-refractivity contribution >= 4 is 22.6 Å². The molecular weight excluding hydrogens is 284 g/mol. The van der Waals surface area contributed by atoms with Gasteiger partial charge in [0.05, 0.1) is 11.4 Å². The van der Waals surface area contributed by atoms with Crippen LogP contribution < -0.4 is 16.4 Å². The molecule has 0 saturated heterocycles. The number of fused-ring (bicyclic) bond motifs is 1. The number of nitrogens with zero attached hydrogens (tertiary/aromatic N) is 2. The van der Waals surface area contributed by atoms with Gasteiger partial charge in [0.15, 0.2) is 5.69 Å². The van der Waals surface area contributed by atoms with Crippen molar-refractivity contribution in [2.45, 2.75) is 33.2 Å². The molecule has 0 aliphatic heterocycles. The summed E-state index contributed by atoms with van der Waals surface area (Å²) in [5, 5.41) is 5.01. The minimum absolute atomic E-state index is 0.0975. The van der Waals surface area contributed by atoms with Gasteiger partial charge in [-0.1, -0.05) is 25.1 Å². The van der Waals surface area contributed by atoms with Gasteiger partial charge in [-0.05, 0) is 19.9 Å². The van der Waals surface area contributed by atoms with Crippen molar-refractivity contribution in [1.29, 1.82) is 0 Å². The number of nitrogens with one attached hydrogen (secondary N) is 2. The van der Waals surface area contributed by atoms with Gasteiger partial charge in [0, 0.05) is 11.8 Å². The van der Waals surface area contributed by atoms with Crippen molar-refractivity contribution in [3.05, 3.63) is 40.3 Å². The predicted octanol–water partition coefficient (Wildman–Crippen LogP) is 1.15. The monoisotopic (exact) mass is 302 g/mol. The summed E-state index contributed by atoms with van der Waals surface area (Å²) in [6, 6.07) is 6.58. The van der Waals surface area contributed by atoms with E-state index in [0.29, 0.717) is 10.8 Å². The van der Waals surface area contributed by atoms with Crippen LogP contribution in [-0.4, -0.2) is 21.6 Å². The molecule has 22 heavy (non-hydrogen) atoms. The average Bonchev–Trinajstić information content (AvgIpc) is 2.52. The number of aromatic nitrogens is 2. The van der Waals surface area contributed by atoms with Crippen LogP contribution in [0.3, 0.4) is 0 Å². The van der Waals surface area contributed by atoms with Crippen molar-refractivity contribution in [1.82, 2.24) is 20.6 Å². The van der Waals surface area contributed by atoms with Crippen LogP contribution >= 0.6 is 0 Å². The molecule has 0 atom stereocenters. The lowest BCUT2D eigenvalue weighted by molar-refractivity contribution is -0.121. The van der Waals surface area contributed by atoms with Gasteiger partial charge >= 0.3 is 0 Å². The third kappa shape index (κ3) is 2.98. The number of amides is 2. The molecule has 116 valence electrons. The molecule has 0 saturated carbocycles. The number of benzene rings is 1. The number of hydrazine groups is 1. The molecule has 1 aromatic carbocycles. The Kier molecular flexibility index (Phi) is 4.55. The summed E-state index contributed by atoms with van der Waals surface area (Å²) in [5.74, 6) is -0.873. The van der Waals surface area contributed by atoms with E-state index in [0.717, 1.165) is 0 Å². The summed E-state index contributed by atoms with van der Waals surface area (Å²) in [4.78, 5) is 35.9. The van der Waals surface area contributed by atoms with Crippen molar-refractivity contribution in [2.24, 2.45) is 0 Å². The first-order valence-corrected chi connectivity index (χ1v) is 7.06. The molecule has 0 bridgehead atoms. The van der Waals surface area contributed by atoms with E-state index >= 15 is 0 Å². The molecule has 0 radical (unpaired) electrons. The summed E-state index contributed by atoms with van der Waals surface area (Å²) in [6.07, 6.45) is 0.250. The SMILES string of the molecule is CCC(=O)NNC(=O)c1nn(C(C)C)c(=O)c2ccccc12. The Morgan fingerprint density at radius 3 is 2.41 bits per heavy atom. The first-order valence-electron chi connectivity index (χ1n) is 7.06. The fraction of sp³-hybridized carbons (Fsp3) is 0.333. The number of carbonyl (C=O) groups is 2. The first-order chi connectivity index (χ1) is 10.5. The van der Waals surface area contributed by atoms with Crippen LogP contribution in [-0.2, 0) is 4.79 Å². The summed E-state index contributed by atoms with van der Waals surface area (Å²) in [7, 11) is 0. The Balaban J connectivity index is 2.53. The maximum Gasteiger partial charge on any atom is 0.290 e. The standard InChI is InChI=1S/C15H18N4O3/c1-4-12(20)16-17-14(21)13-10-7-5-6-8-11(10)15(22)19(18-13)9(2)3/h5-9H,4H2,1-3H3,(H,16,20)(H,17,21). The highest BCUT2D eigenvalue weighted by Crippen LogP contribution is 2.14. The summed E-state index contributed by atoms with van der Waals surface area (Å²) in [6.45, 7) is 5.29. The third-order valence-corrected chi connectivity index (χ3v) is 3.17. The molecule has 7 heteroatoms. The summed E-state index contributed by atoms with van der Waals surface area (Å²) < 4.78 is 1.26. The van der Waals surface area contributed by atoms with Crippen LogP contribution in [0.4, 0.5) is 0 Å². The Morgan fingerprint density at radius 2 is 1.82 bits per heavy atom. The summed E-state index contributed by atoms with van der Waals surface area (Å²) in [5.41, 5.74) is 4.45. The lowest BCUT2D eigenvalue weighted by Crippen LogP contribution is -2.42. The fourth-order valence-corrected chi connectivity index (χ4v) is 2.00. The fourth-order valence-electron chi connectivity index (χ4n) is 2.00. The highest BCUT2D eigenvalue weighted by molar-refractivity contribution is 6.05. The molecule has 1 aromatic heterocycles. The maximum absolute atomic E-state index is 12.4. The van der Waals surface area contributed by atoms with Gasteiger partial charge in [0.1, 0.15) is 0 Å². The van der Waals surface area contributed by atoms with Crippen LogP contribution in [0, 0.1) is 0 Å². The normalized spacial score (nSPS) is 10.7. The van der Waals surface area contributed by atoms with Gasteiger partial charge < -0.3 is 0 Å². The van der Waals surface area contributed by atoms with Gasteiger partial charge in [-0.2, -0.15) is 5.10 Å². The number of hydrogen-bond acceptors (Lipinski definition) is 4. The highest BCUT2D eigenvalue weighted by atomic mass is 16.2. The van der Waals surface area contributed by atoms with E-state index in [-0.39, 0.29) is 29.6 Å². The van der Waals surface area contributed by atoms with Crippen LogP contribution in [0.15, 0.2) is 29.1 Å². The molecule has 0 spiro atoms. The minimum Gasteiger partial charge on any atom is -0.273 e. The third-order valence-electron chi connectivity index (χ3n) is 3.17. The molecule has 2 aromatic rings. The van der Waals surface area contributed by atoms with Gasteiger partial charge in [-0.25, -0.2) is 4.68 Å². The minimum atomic E-state index is -0.563. The van der Waals surface area contributed by atoms with Crippen molar-refractivity contribution in [2.75, 3.05) is 0 Å². The van der Waals surface area contributed by atoms with E-state index in [1.807, 2.05) is 13.8 Å². The summed E-state index contributed by atoms with van der Waals surface area (Å²) >= 11 is 0. The number of hydrogen-bond donors (Lipinski definition) is 2. The van der Waals surface area contributed by atoms with Crippen LogP contribution in [0.25, 0.3) is 10.8 Å². The Hall–Kier alpha value is -2.70. The predicted molar refractivity (Wildman–Crippen MR) is 82.3 cm³/mol. The maximum atomic E-state index is 12.4. The van der Waals surface area contributed by atoms with Gasteiger partial charge in [0.25, 0.3) is 11.5 Å². The van der Waals surface area contributed by atoms with E-state index in [1.165, 1.54) is 4.68 Å².